The summed E-state index contributed by atoms with van der Waals surface area (Å²) in [6.07, 6.45) is 0.168. The second-order valence-corrected chi connectivity index (χ2v) is 5.89. The Labute approximate surface area is 135 Å². The largest absolute Gasteiger partial charge is 0.347 e. The van der Waals surface area contributed by atoms with Gasteiger partial charge in [0.15, 0.2) is 11.6 Å². The Kier molecular flexibility index (Phi) is 3.94. The molecule has 2 heterocycles. The van der Waals surface area contributed by atoms with Crippen LogP contribution in [0.2, 0.25) is 0 Å². The van der Waals surface area contributed by atoms with Gasteiger partial charge in [-0.1, -0.05) is 0 Å². The fraction of sp³-hybridized carbons (Fsp3) is 0.400. The van der Waals surface area contributed by atoms with Gasteiger partial charge in [0.2, 0.25) is 11.8 Å². The van der Waals surface area contributed by atoms with Crippen molar-refractivity contribution in [1.82, 2.24) is 15.5 Å². The fourth-order valence-electron chi connectivity index (χ4n) is 3.01. The van der Waals surface area contributed by atoms with Crippen LogP contribution in [0.5, 0.6) is 0 Å². The average molecular weight is 341 g/mol. The van der Waals surface area contributed by atoms with E-state index in [0.29, 0.717) is 12.1 Å². The lowest BCUT2D eigenvalue weighted by Crippen LogP contribution is -2.60. The zero-order chi connectivity index (χ0) is 17.6. The molecule has 1 aromatic rings. The van der Waals surface area contributed by atoms with Crippen molar-refractivity contribution in [3.8, 4) is 0 Å². The van der Waals surface area contributed by atoms with Crippen molar-refractivity contribution in [1.29, 1.82) is 0 Å². The van der Waals surface area contributed by atoms with E-state index in [0.717, 1.165) is 0 Å². The van der Waals surface area contributed by atoms with Crippen LogP contribution >= 0.6 is 0 Å². The van der Waals surface area contributed by atoms with Crippen LogP contribution < -0.4 is 10.6 Å². The Morgan fingerprint density at radius 2 is 1.88 bits per heavy atom. The van der Waals surface area contributed by atoms with E-state index in [9.17, 15) is 27.6 Å². The summed E-state index contributed by atoms with van der Waals surface area (Å²) in [7, 11) is 0. The van der Waals surface area contributed by atoms with Gasteiger partial charge in [0.05, 0.1) is 5.56 Å². The van der Waals surface area contributed by atoms with Gasteiger partial charge in [0.1, 0.15) is 17.9 Å². The number of amides is 3. The number of carbonyl (C=O) groups excluding carboxylic acids is 3. The Morgan fingerprint density at radius 1 is 1.21 bits per heavy atom. The van der Waals surface area contributed by atoms with E-state index in [1.165, 1.54) is 4.90 Å². The molecule has 0 unspecified atom stereocenters. The average Bonchev–Trinajstić information content (AvgIpc) is 2.93. The van der Waals surface area contributed by atoms with Crippen LogP contribution in [-0.4, -0.2) is 47.3 Å². The molecule has 24 heavy (non-hydrogen) atoms. The predicted octanol–water partition coefficient (Wildman–Crippen LogP) is 0.321. The van der Waals surface area contributed by atoms with Gasteiger partial charge < -0.3 is 15.5 Å². The molecule has 0 saturated carbocycles. The third kappa shape index (κ3) is 2.70. The van der Waals surface area contributed by atoms with Gasteiger partial charge in [-0.15, -0.1) is 0 Å². The molecule has 3 amide bonds. The third-order valence-corrected chi connectivity index (χ3v) is 4.21. The van der Waals surface area contributed by atoms with E-state index in [-0.39, 0.29) is 24.8 Å². The van der Waals surface area contributed by atoms with Gasteiger partial charge in [0, 0.05) is 18.7 Å². The van der Waals surface area contributed by atoms with E-state index >= 15 is 0 Å². The molecule has 0 radical (unpaired) electrons. The first-order valence-electron chi connectivity index (χ1n) is 7.34. The van der Waals surface area contributed by atoms with Crippen molar-refractivity contribution in [3.63, 3.8) is 0 Å². The molecular formula is C15H14F3N3O3. The number of hydrogen-bond acceptors (Lipinski definition) is 3. The second-order valence-electron chi connectivity index (χ2n) is 5.89. The van der Waals surface area contributed by atoms with Gasteiger partial charge in [-0.05, 0) is 19.4 Å². The standard InChI is InChI=1S/C15H14F3N3O3/c1-6-15(24)21-5-7(2-12(21)14(23)19-6)20-13(22)8-3-10(17)11(18)4-9(8)16/h3-4,6-7,12H,2,5H2,1H3,(H,19,23)(H,20,22)/t6-,7+,12+/m1/s1. The van der Waals surface area contributed by atoms with Crippen LogP contribution in [0.15, 0.2) is 12.1 Å². The Balaban J connectivity index is 1.74. The maximum Gasteiger partial charge on any atom is 0.254 e. The SMILES string of the molecule is C[C@H]1NC(=O)[C@@H]2C[C@H](NC(=O)c3cc(F)c(F)cc3F)CN2C1=O. The Morgan fingerprint density at radius 3 is 2.58 bits per heavy atom. The van der Waals surface area contributed by atoms with Crippen LogP contribution in [0, 0.1) is 17.5 Å². The normalized spacial score (nSPS) is 26.2. The number of benzene rings is 1. The molecule has 2 saturated heterocycles. The molecule has 128 valence electrons. The zero-order valence-corrected chi connectivity index (χ0v) is 12.6. The lowest BCUT2D eigenvalue weighted by Gasteiger charge is -2.32. The number of nitrogens with one attached hydrogen (secondary N) is 2. The van der Waals surface area contributed by atoms with Crippen molar-refractivity contribution < 1.29 is 27.6 Å². The second kappa shape index (κ2) is 5.81. The van der Waals surface area contributed by atoms with Gasteiger partial charge in [0.25, 0.3) is 5.91 Å². The van der Waals surface area contributed by atoms with Crippen molar-refractivity contribution in [2.75, 3.05) is 6.54 Å². The molecule has 3 rings (SSSR count). The highest BCUT2D eigenvalue weighted by atomic mass is 19.2. The molecule has 0 spiro atoms. The summed E-state index contributed by atoms with van der Waals surface area (Å²) < 4.78 is 39.7. The topological polar surface area (TPSA) is 78.5 Å². The molecule has 2 N–H and O–H groups in total. The lowest BCUT2D eigenvalue weighted by molar-refractivity contribution is -0.146. The molecule has 2 fully saturated rings. The van der Waals surface area contributed by atoms with Crippen molar-refractivity contribution in [2.45, 2.75) is 31.5 Å². The summed E-state index contributed by atoms with van der Waals surface area (Å²) >= 11 is 0. The summed E-state index contributed by atoms with van der Waals surface area (Å²) in [5.74, 6) is -5.44. The van der Waals surface area contributed by atoms with Crippen LogP contribution in [0.4, 0.5) is 13.2 Å². The Bertz CT molecular complexity index is 740. The smallest absolute Gasteiger partial charge is 0.254 e. The van der Waals surface area contributed by atoms with Crippen LogP contribution in [0.3, 0.4) is 0 Å². The molecule has 0 bridgehead atoms. The summed E-state index contributed by atoms with van der Waals surface area (Å²) in [5.41, 5.74) is -0.636. The first-order chi connectivity index (χ1) is 11.3. The maximum atomic E-state index is 13.6. The highest BCUT2D eigenvalue weighted by Gasteiger charge is 2.45. The van der Waals surface area contributed by atoms with Gasteiger partial charge in [-0.3, -0.25) is 14.4 Å². The van der Waals surface area contributed by atoms with E-state index in [4.69, 9.17) is 0 Å². The zero-order valence-electron chi connectivity index (χ0n) is 12.6. The van der Waals surface area contributed by atoms with E-state index < -0.39 is 47.0 Å². The minimum Gasteiger partial charge on any atom is -0.347 e. The summed E-state index contributed by atoms with van der Waals surface area (Å²) in [4.78, 5) is 37.4. The van der Waals surface area contributed by atoms with Crippen LogP contribution in [0.1, 0.15) is 23.7 Å². The summed E-state index contributed by atoms with van der Waals surface area (Å²) in [6.45, 7) is 1.65. The van der Waals surface area contributed by atoms with Gasteiger partial charge >= 0.3 is 0 Å². The van der Waals surface area contributed by atoms with Crippen molar-refractivity contribution in [3.05, 3.63) is 35.1 Å². The number of nitrogens with zero attached hydrogens (tertiary/aromatic N) is 1. The molecule has 9 heteroatoms. The first-order valence-corrected chi connectivity index (χ1v) is 7.34. The number of fused-ring (bicyclic) bond motifs is 1. The van der Waals surface area contributed by atoms with Crippen molar-refractivity contribution in [2.24, 2.45) is 0 Å². The van der Waals surface area contributed by atoms with E-state index in [1.54, 1.807) is 6.92 Å². The van der Waals surface area contributed by atoms with Crippen LogP contribution in [0.25, 0.3) is 0 Å². The monoisotopic (exact) mass is 341 g/mol. The lowest BCUT2D eigenvalue weighted by atomic mass is 10.1. The first kappa shape index (κ1) is 16.3. The molecule has 1 aromatic carbocycles. The molecule has 0 aromatic heterocycles. The van der Waals surface area contributed by atoms with E-state index in [2.05, 4.69) is 10.6 Å². The minimum absolute atomic E-state index is 0.0955. The summed E-state index contributed by atoms with van der Waals surface area (Å²) in [5, 5.41) is 4.99. The highest BCUT2D eigenvalue weighted by molar-refractivity contribution is 5.98. The number of carbonyl (C=O) groups is 3. The highest BCUT2D eigenvalue weighted by Crippen LogP contribution is 2.23. The van der Waals surface area contributed by atoms with Crippen molar-refractivity contribution >= 4 is 17.7 Å². The maximum absolute atomic E-state index is 13.6. The number of halogens is 3. The quantitative estimate of drug-likeness (QED) is 0.761. The van der Waals surface area contributed by atoms with Gasteiger partial charge in [-0.25, -0.2) is 13.2 Å². The molecule has 6 nitrogen and oxygen atoms in total. The summed E-state index contributed by atoms with van der Waals surface area (Å²) in [6, 6.07) is -1.17. The molecular weight excluding hydrogens is 327 g/mol. The number of piperazine rings is 1. The van der Waals surface area contributed by atoms with E-state index in [1.807, 2.05) is 0 Å². The predicted molar refractivity (Wildman–Crippen MR) is 75.3 cm³/mol. The third-order valence-electron chi connectivity index (χ3n) is 4.21. The Hall–Kier alpha value is -2.58. The van der Waals surface area contributed by atoms with Gasteiger partial charge in [-0.2, -0.15) is 0 Å². The fourth-order valence-corrected chi connectivity index (χ4v) is 3.01. The number of rotatable bonds is 2. The minimum atomic E-state index is -1.39. The molecule has 2 aliphatic heterocycles. The molecule has 3 atom stereocenters. The number of hydrogen-bond donors (Lipinski definition) is 2. The molecule has 2 aliphatic rings. The van der Waals surface area contributed by atoms with Crippen LogP contribution in [-0.2, 0) is 9.59 Å². The molecule has 0 aliphatic carbocycles.